The molecule has 0 aromatic carbocycles. The van der Waals surface area contributed by atoms with Gasteiger partial charge in [0.05, 0.1) is 6.33 Å². The van der Waals surface area contributed by atoms with E-state index >= 15 is 0 Å². The summed E-state index contributed by atoms with van der Waals surface area (Å²) in [6.45, 7) is 1.90. The first-order chi connectivity index (χ1) is 7.16. The average Bonchev–Trinajstić information content (AvgIpc) is 2.64. The quantitative estimate of drug-likeness (QED) is 0.689. The molecule has 0 radical (unpaired) electrons. The largest absolute Gasteiger partial charge is 0.340 e. The van der Waals surface area contributed by atoms with Crippen LogP contribution in [0.25, 0.3) is 0 Å². The number of hydrogen-bond donors (Lipinski definition) is 0. The molecule has 0 atom stereocenters. The molecule has 0 aliphatic heterocycles. The lowest BCUT2D eigenvalue weighted by molar-refractivity contribution is 0.103. The second kappa shape index (κ2) is 3.65. The Labute approximate surface area is 87.6 Å². The van der Waals surface area contributed by atoms with E-state index < -0.39 is 0 Å². The molecule has 0 N–H and O–H groups in total. The van der Waals surface area contributed by atoms with Crippen LogP contribution in [0.15, 0.2) is 31.0 Å². The van der Waals surface area contributed by atoms with Gasteiger partial charge in [-0.2, -0.15) is 0 Å². The van der Waals surface area contributed by atoms with E-state index in [0.717, 1.165) is 5.56 Å². The maximum absolute atomic E-state index is 11.9. The number of hydrogen-bond acceptors (Lipinski definition) is 3. The summed E-state index contributed by atoms with van der Waals surface area (Å²) in [5.41, 5.74) is 2.00. The van der Waals surface area contributed by atoms with Crippen molar-refractivity contribution in [2.24, 2.45) is 7.05 Å². The van der Waals surface area contributed by atoms with Crippen LogP contribution >= 0.6 is 0 Å². The van der Waals surface area contributed by atoms with Crippen LogP contribution in [0, 0.1) is 6.92 Å². The Hall–Kier alpha value is -1.97. The highest BCUT2D eigenvalue weighted by Crippen LogP contribution is 2.07. The van der Waals surface area contributed by atoms with Crippen LogP contribution in [0.2, 0.25) is 0 Å². The fraction of sp³-hybridized carbons (Fsp3) is 0.182. The summed E-state index contributed by atoms with van der Waals surface area (Å²) in [5, 5.41) is 0. The summed E-state index contributed by atoms with van der Waals surface area (Å²) in [6, 6.07) is 1.81. The zero-order valence-corrected chi connectivity index (χ0v) is 8.64. The van der Waals surface area contributed by atoms with Crippen LogP contribution in [0.3, 0.4) is 0 Å². The maximum Gasteiger partial charge on any atom is 0.214 e. The number of nitrogens with zero attached hydrogens (tertiary/aromatic N) is 3. The van der Waals surface area contributed by atoms with Gasteiger partial charge in [-0.3, -0.25) is 9.78 Å². The molecule has 2 aromatic rings. The highest BCUT2D eigenvalue weighted by Gasteiger charge is 2.11. The molecule has 2 aromatic heterocycles. The summed E-state index contributed by atoms with van der Waals surface area (Å²) in [5.74, 6) is -0.0909. The smallest absolute Gasteiger partial charge is 0.214 e. The number of pyridine rings is 1. The second-order valence-corrected chi connectivity index (χ2v) is 3.50. The van der Waals surface area contributed by atoms with E-state index in [-0.39, 0.29) is 5.78 Å². The SMILES string of the molecule is Cc1cncc(C(=O)c2cn(C)cn2)c1. The summed E-state index contributed by atoms with van der Waals surface area (Å²) in [7, 11) is 1.83. The van der Waals surface area contributed by atoms with E-state index in [0.29, 0.717) is 11.3 Å². The summed E-state index contributed by atoms with van der Waals surface area (Å²) in [4.78, 5) is 19.9. The zero-order valence-electron chi connectivity index (χ0n) is 8.64. The standard InChI is InChI=1S/C11H11N3O/c1-8-3-9(5-12-4-8)11(15)10-6-14(2)7-13-10/h3-7H,1-2H3. The Morgan fingerprint density at radius 1 is 1.40 bits per heavy atom. The van der Waals surface area contributed by atoms with Crippen LogP contribution < -0.4 is 0 Å². The predicted octanol–water partition coefficient (Wildman–Crippen LogP) is 1.35. The molecular weight excluding hydrogens is 190 g/mol. The third kappa shape index (κ3) is 1.93. The lowest BCUT2D eigenvalue weighted by Crippen LogP contribution is -2.02. The number of ketones is 1. The van der Waals surface area contributed by atoms with Gasteiger partial charge in [0.15, 0.2) is 0 Å². The topological polar surface area (TPSA) is 47.8 Å². The van der Waals surface area contributed by atoms with Gasteiger partial charge in [0, 0.05) is 31.2 Å². The van der Waals surface area contributed by atoms with Crippen molar-refractivity contribution >= 4 is 5.78 Å². The summed E-state index contributed by atoms with van der Waals surface area (Å²) in [6.07, 6.45) is 6.58. The molecule has 4 nitrogen and oxygen atoms in total. The first kappa shape index (κ1) is 9.58. The first-order valence-corrected chi connectivity index (χ1v) is 4.61. The van der Waals surface area contributed by atoms with Gasteiger partial charge in [-0.15, -0.1) is 0 Å². The molecule has 0 bridgehead atoms. The van der Waals surface area contributed by atoms with Crippen LogP contribution in [0.1, 0.15) is 21.6 Å². The average molecular weight is 201 g/mol. The van der Waals surface area contributed by atoms with Gasteiger partial charge in [-0.05, 0) is 18.6 Å². The molecule has 4 heteroatoms. The number of imidazole rings is 1. The predicted molar refractivity (Wildman–Crippen MR) is 55.6 cm³/mol. The monoisotopic (exact) mass is 201 g/mol. The minimum Gasteiger partial charge on any atom is -0.340 e. The zero-order chi connectivity index (χ0) is 10.8. The van der Waals surface area contributed by atoms with Crippen molar-refractivity contribution in [3.05, 3.63) is 47.8 Å². The van der Waals surface area contributed by atoms with Gasteiger partial charge in [0.1, 0.15) is 5.69 Å². The number of aromatic nitrogens is 3. The van der Waals surface area contributed by atoms with Gasteiger partial charge in [-0.25, -0.2) is 4.98 Å². The fourth-order valence-electron chi connectivity index (χ4n) is 1.36. The lowest BCUT2D eigenvalue weighted by Gasteiger charge is -1.97. The highest BCUT2D eigenvalue weighted by molar-refractivity contribution is 6.07. The van der Waals surface area contributed by atoms with Gasteiger partial charge in [0.2, 0.25) is 5.78 Å². The van der Waals surface area contributed by atoms with Gasteiger partial charge >= 0.3 is 0 Å². The Balaban J connectivity index is 2.36. The third-order valence-corrected chi connectivity index (χ3v) is 2.07. The minimum atomic E-state index is -0.0909. The molecule has 76 valence electrons. The first-order valence-electron chi connectivity index (χ1n) is 4.61. The molecule has 0 saturated heterocycles. The van der Waals surface area contributed by atoms with E-state index in [1.807, 2.05) is 20.0 Å². The normalized spacial score (nSPS) is 10.3. The molecule has 0 saturated carbocycles. The molecule has 0 aliphatic carbocycles. The van der Waals surface area contributed by atoms with Crippen molar-refractivity contribution in [2.75, 3.05) is 0 Å². The molecule has 2 heterocycles. The van der Waals surface area contributed by atoms with Crippen molar-refractivity contribution in [1.82, 2.24) is 14.5 Å². The lowest BCUT2D eigenvalue weighted by atomic mass is 10.1. The van der Waals surface area contributed by atoms with E-state index in [2.05, 4.69) is 9.97 Å². The van der Waals surface area contributed by atoms with Crippen LogP contribution in [0.4, 0.5) is 0 Å². The Morgan fingerprint density at radius 2 is 2.20 bits per heavy atom. The Kier molecular flexibility index (Phi) is 2.33. The highest BCUT2D eigenvalue weighted by atomic mass is 16.1. The van der Waals surface area contributed by atoms with Crippen LogP contribution in [0.5, 0.6) is 0 Å². The summed E-state index contributed by atoms with van der Waals surface area (Å²) < 4.78 is 1.75. The molecule has 0 fully saturated rings. The van der Waals surface area contributed by atoms with Crippen molar-refractivity contribution in [3.8, 4) is 0 Å². The Bertz CT molecular complexity index is 502. The van der Waals surface area contributed by atoms with Crippen LogP contribution in [-0.2, 0) is 7.05 Å². The van der Waals surface area contributed by atoms with Crippen molar-refractivity contribution < 1.29 is 4.79 Å². The number of aryl methyl sites for hydroxylation is 2. The minimum absolute atomic E-state index is 0.0909. The molecule has 0 amide bonds. The maximum atomic E-state index is 11.9. The van der Waals surface area contributed by atoms with Crippen molar-refractivity contribution in [2.45, 2.75) is 6.92 Å². The van der Waals surface area contributed by atoms with Crippen molar-refractivity contribution in [1.29, 1.82) is 0 Å². The van der Waals surface area contributed by atoms with E-state index in [1.165, 1.54) is 0 Å². The molecule has 2 rings (SSSR count). The molecular formula is C11H11N3O. The van der Waals surface area contributed by atoms with E-state index in [1.54, 1.807) is 29.5 Å². The third-order valence-electron chi connectivity index (χ3n) is 2.07. The van der Waals surface area contributed by atoms with Crippen LogP contribution in [-0.4, -0.2) is 20.3 Å². The van der Waals surface area contributed by atoms with Gasteiger partial charge in [0.25, 0.3) is 0 Å². The summed E-state index contributed by atoms with van der Waals surface area (Å²) >= 11 is 0. The number of rotatable bonds is 2. The van der Waals surface area contributed by atoms with E-state index in [9.17, 15) is 4.79 Å². The van der Waals surface area contributed by atoms with Gasteiger partial charge < -0.3 is 4.57 Å². The van der Waals surface area contributed by atoms with E-state index in [4.69, 9.17) is 0 Å². The molecule has 0 aliphatic rings. The molecule has 15 heavy (non-hydrogen) atoms. The van der Waals surface area contributed by atoms with Gasteiger partial charge in [-0.1, -0.05) is 0 Å². The molecule has 0 spiro atoms. The Morgan fingerprint density at radius 3 is 2.80 bits per heavy atom. The van der Waals surface area contributed by atoms with Crippen molar-refractivity contribution in [3.63, 3.8) is 0 Å². The number of carbonyl (C=O) groups is 1. The fourth-order valence-corrected chi connectivity index (χ4v) is 1.36. The number of carbonyl (C=O) groups excluding carboxylic acids is 1. The second-order valence-electron chi connectivity index (χ2n) is 3.50. The molecule has 0 unspecified atom stereocenters.